The van der Waals surface area contributed by atoms with Crippen LogP contribution in [0.1, 0.15) is 6.92 Å². The van der Waals surface area contributed by atoms with E-state index in [9.17, 15) is 13.6 Å². The van der Waals surface area contributed by atoms with Crippen LogP contribution in [0.25, 0.3) is 11.3 Å². The zero-order valence-corrected chi connectivity index (χ0v) is 10.7. The Bertz CT molecular complexity index is 613. The summed E-state index contributed by atoms with van der Waals surface area (Å²) in [5.74, 6) is -2.07. The molecular formula is C13H13F2N3O2. The summed E-state index contributed by atoms with van der Waals surface area (Å²) in [6.07, 6.45) is 0. The van der Waals surface area contributed by atoms with Crippen LogP contribution in [-0.4, -0.2) is 29.3 Å². The molecule has 0 bridgehead atoms. The number of rotatable bonds is 5. The van der Waals surface area contributed by atoms with Crippen molar-refractivity contribution in [1.29, 1.82) is 0 Å². The molecule has 0 aliphatic rings. The molecule has 1 aromatic heterocycles. The summed E-state index contributed by atoms with van der Waals surface area (Å²) in [6, 6.07) is 5.25. The molecule has 2 aromatic rings. The highest BCUT2D eigenvalue weighted by Crippen LogP contribution is 2.24. The van der Waals surface area contributed by atoms with Crippen molar-refractivity contribution < 1.29 is 18.3 Å². The minimum Gasteiger partial charge on any atom is -0.372 e. The average Bonchev–Trinajstić information content (AvgIpc) is 2.88. The number of aromatic amines is 1. The van der Waals surface area contributed by atoms with Crippen molar-refractivity contribution in [2.45, 2.75) is 6.92 Å². The molecule has 1 amide bonds. The fourth-order valence-electron chi connectivity index (χ4n) is 1.61. The lowest BCUT2D eigenvalue weighted by molar-refractivity contribution is -0.120. The molecule has 0 unspecified atom stereocenters. The first-order valence-electron chi connectivity index (χ1n) is 5.99. The molecule has 5 nitrogen and oxygen atoms in total. The molecule has 20 heavy (non-hydrogen) atoms. The van der Waals surface area contributed by atoms with Gasteiger partial charge in [0.25, 0.3) is 5.91 Å². The molecule has 1 aromatic carbocycles. The molecule has 0 aliphatic carbocycles. The van der Waals surface area contributed by atoms with Crippen LogP contribution < -0.4 is 5.32 Å². The van der Waals surface area contributed by atoms with E-state index >= 15 is 0 Å². The van der Waals surface area contributed by atoms with Crippen molar-refractivity contribution in [3.8, 4) is 11.3 Å². The smallest absolute Gasteiger partial charge is 0.251 e. The van der Waals surface area contributed by atoms with Gasteiger partial charge in [-0.15, -0.1) is 0 Å². The molecule has 2 rings (SSSR count). The number of anilines is 1. The van der Waals surface area contributed by atoms with E-state index in [1.54, 1.807) is 6.92 Å². The van der Waals surface area contributed by atoms with E-state index in [4.69, 9.17) is 4.74 Å². The second-order valence-electron chi connectivity index (χ2n) is 3.95. The Balaban J connectivity index is 2.13. The quantitative estimate of drug-likeness (QED) is 0.884. The Morgan fingerprint density at radius 3 is 3.00 bits per heavy atom. The minimum absolute atomic E-state index is 0.0443. The Hall–Kier alpha value is -2.28. The van der Waals surface area contributed by atoms with E-state index in [0.29, 0.717) is 6.61 Å². The zero-order valence-electron chi connectivity index (χ0n) is 10.7. The predicted octanol–water partition coefficient (Wildman–Crippen LogP) is 2.33. The molecule has 1 heterocycles. The van der Waals surface area contributed by atoms with E-state index in [2.05, 4.69) is 15.5 Å². The van der Waals surface area contributed by atoms with E-state index in [-0.39, 0.29) is 29.6 Å². The Labute approximate surface area is 114 Å². The van der Waals surface area contributed by atoms with E-state index < -0.39 is 11.6 Å². The number of amides is 1. The third kappa shape index (κ3) is 3.18. The van der Waals surface area contributed by atoms with Gasteiger partial charge in [0.2, 0.25) is 0 Å². The number of hydrogen-bond donors (Lipinski definition) is 2. The maximum absolute atomic E-state index is 13.6. The van der Waals surface area contributed by atoms with Gasteiger partial charge in [-0.05, 0) is 19.1 Å². The first-order chi connectivity index (χ1) is 9.61. The van der Waals surface area contributed by atoms with Gasteiger partial charge in [0.15, 0.2) is 17.5 Å². The van der Waals surface area contributed by atoms with Crippen LogP contribution in [-0.2, 0) is 9.53 Å². The van der Waals surface area contributed by atoms with Gasteiger partial charge in [-0.25, -0.2) is 8.78 Å². The largest absolute Gasteiger partial charge is 0.372 e. The normalized spacial score (nSPS) is 10.6. The minimum atomic E-state index is -0.969. The summed E-state index contributed by atoms with van der Waals surface area (Å²) < 4.78 is 31.7. The summed E-state index contributed by atoms with van der Waals surface area (Å²) in [5.41, 5.74) is 0.316. The summed E-state index contributed by atoms with van der Waals surface area (Å²) in [7, 11) is 0. The molecule has 0 atom stereocenters. The van der Waals surface area contributed by atoms with Crippen LogP contribution in [0.3, 0.4) is 0 Å². The second kappa shape index (κ2) is 6.25. The molecular weight excluding hydrogens is 268 g/mol. The lowest BCUT2D eigenvalue weighted by atomic mass is 10.1. The standard InChI is InChI=1S/C13H13F2N3O2/c1-2-20-7-12(19)16-11-6-10(17-18-11)8-4-3-5-9(14)13(8)15/h3-6H,2,7H2,1H3,(H2,16,17,18,19). The monoisotopic (exact) mass is 281 g/mol. The van der Waals surface area contributed by atoms with Gasteiger partial charge < -0.3 is 10.1 Å². The number of H-pyrrole nitrogens is 1. The van der Waals surface area contributed by atoms with Crippen molar-refractivity contribution in [1.82, 2.24) is 10.2 Å². The Morgan fingerprint density at radius 2 is 2.25 bits per heavy atom. The average molecular weight is 281 g/mol. The Kier molecular flexibility index (Phi) is 4.41. The third-order valence-electron chi connectivity index (χ3n) is 2.52. The summed E-state index contributed by atoms with van der Waals surface area (Å²) in [5, 5.41) is 8.83. The number of halogens is 2. The SMILES string of the molecule is CCOCC(=O)Nc1cc(-c2cccc(F)c2F)[nH]n1. The number of carbonyl (C=O) groups excluding carboxylic acids is 1. The van der Waals surface area contributed by atoms with Crippen LogP contribution in [0.5, 0.6) is 0 Å². The zero-order chi connectivity index (χ0) is 14.5. The van der Waals surface area contributed by atoms with Crippen molar-refractivity contribution >= 4 is 11.7 Å². The highest BCUT2D eigenvalue weighted by atomic mass is 19.2. The molecule has 0 fully saturated rings. The van der Waals surface area contributed by atoms with Gasteiger partial charge >= 0.3 is 0 Å². The number of ether oxygens (including phenoxy) is 1. The van der Waals surface area contributed by atoms with Gasteiger partial charge in [-0.3, -0.25) is 9.89 Å². The van der Waals surface area contributed by atoms with Crippen molar-refractivity contribution in [2.75, 3.05) is 18.5 Å². The lowest BCUT2D eigenvalue weighted by Gasteiger charge is -2.01. The van der Waals surface area contributed by atoms with Crippen LogP contribution >= 0.6 is 0 Å². The molecule has 0 saturated heterocycles. The first-order valence-corrected chi connectivity index (χ1v) is 5.99. The van der Waals surface area contributed by atoms with Gasteiger partial charge in [-0.1, -0.05) is 6.07 Å². The highest BCUT2D eigenvalue weighted by Gasteiger charge is 2.13. The summed E-state index contributed by atoms with van der Waals surface area (Å²) in [6.45, 7) is 2.10. The summed E-state index contributed by atoms with van der Waals surface area (Å²) in [4.78, 5) is 11.4. The fourth-order valence-corrected chi connectivity index (χ4v) is 1.61. The predicted molar refractivity (Wildman–Crippen MR) is 69.1 cm³/mol. The van der Waals surface area contributed by atoms with Crippen LogP contribution in [0.4, 0.5) is 14.6 Å². The number of aromatic nitrogens is 2. The topological polar surface area (TPSA) is 67.0 Å². The van der Waals surface area contributed by atoms with Crippen LogP contribution in [0.2, 0.25) is 0 Å². The number of carbonyl (C=O) groups is 1. The van der Waals surface area contributed by atoms with Gasteiger partial charge in [0, 0.05) is 18.2 Å². The molecule has 106 valence electrons. The van der Waals surface area contributed by atoms with Crippen molar-refractivity contribution in [3.63, 3.8) is 0 Å². The lowest BCUT2D eigenvalue weighted by Crippen LogP contribution is -2.18. The van der Waals surface area contributed by atoms with E-state index in [0.717, 1.165) is 6.07 Å². The van der Waals surface area contributed by atoms with E-state index in [1.807, 2.05) is 0 Å². The molecule has 0 aliphatic heterocycles. The van der Waals surface area contributed by atoms with Crippen LogP contribution in [0.15, 0.2) is 24.3 Å². The van der Waals surface area contributed by atoms with Crippen molar-refractivity contribution in [2.24, 2.45) is 0 Å². The van der Waals surface area contributed by atoms with E-state index in [1.165, 1.54) is 18.2 Å². The van der Waals surface area contributed by atoms with Gasteiger partial charge in [0.05, 0.1) is 5.69 Å². The van der Waals surface area contributed by atoms with Gasteiger partial charge in [0.1, 0.15) is 6.61 Å². The molecule has 0 radical (unpaired) electrons. The maximum atomic E-state index is 13.6. The number of nitrogens with zero attached hydrogens (tertiary/aromatic N) is 1. The first kappa shape index (κ1) is 14.1. The van der Waals surface area contributed by atoms with Crippen LogP contribution in [0, 0.1) is 11.6 Å². The second-order valence-corrected chi connectivity index (χ2v) is 3.95. The molecule has 0 spiro atoms. The molecule has 2 N–H and O–H groups in total. The maximum Gasteiger partial charge on any atom is 0.251 e. The number of hydrogen-bond acceptors (Lipinski definition) is 3. The fraction of sp³-hybridized carbons (Fsp3) is 0.231. The Morgan fingerprint density at radius 1 is 1.45 bits per heavy atom. The van der Waals surface area contributed by atoms with Gasteiger partial charge in [-0.2, -0.15) is 5.10 Å². The highest BCUT2D eigenvalue weighted by molar-refractivity contribution is 5.91. The van der Waals surface area contributed by atoms with Crippen molar-refractivity contribution in [3.05, 3.63) is 35.9 Å². The number of nitrogens with one attached hydrogen (secondary N) is 2. The number of benzene rings is 1. The third-order valence-corrected chi connectivity index (χ3v) is 2.52. The molecule has 0 saturated carbocycles. The summed E-state index contributed by atoms with van der Waals surface area (Å²) >= 11 is 0. The molecule has 7 heteroatoms.